The second-order valence-electron chi connectivity index (χ2n) is 13.0. The first-order valence-electron chi connectivity index (χ1n) is 13.9. The van der Waals surface area contributed by atoms with Gasteiger partial charge in [-0.3, -0.25) is 0 Å². The summed E-state index contributed by atoms with van der Waals surface area (Å²) in [7, 11) is -1.64. The van der Waals surface area contributed by atoms with Crippen LogP contribution in [0.15, 0.2) is 60.7 Å². The van der Waals surface area contributed by atoms with Crippen LogP contribution in [-0.4, -0.2) is 27.3 Å². The molecular weight excluding hydrogens is 446 g/mol. The Kier molecular flexibility index (Phi) is 8.02. The van der Waals surface area contributed by atoms with Gasteiger partial charge in [0.1, 0.15) is 0 Å². The van der Waals surface area contributed by atoms with Gasteiger partial charge in [-0.1, -0.05) is 67.6 Å². The maximum Gasteiger partial charge on any atom is 0.0744 e. The molecule has 0 amide bonds. The van der Waals surface area contributed by atoms with E-state index in [1.165, 1.54) is 44.9 Å². The molecule has 186 valence electrons. The van der Waals surface area contributed by atoms with Gasteiger partial charge >= 0.3 is 0 Å². The van der Waals surface area contributed by atoms with E-state index in [1.807, 2.05) is 0 Å². The van der Waals surface area contributed by atoms with E-state index in [0.29, 0.717) is 10.3 Å². The van der Waals surface area contributed by atoms with Crippen LogP contribution in [0.1, 0.15) is 93.4 Å². The lowest BCUT2D eigenvalue weighted by molar-refractivity contribution is 0.514. The zero-order chi connectivity index (χ0) is 24.6. The van der Waals surface area contributed by atoms with Gasteiger partial charge in [-0.25, -0.2) is 0 Å². The normalized spacial score (nSPS) is 23.5. The highest BCUT2D eigenvalue weighted by molar-refractivity contribution is 7.80. The zero-order valence-corrected chi connectivity index (χ0v) is 24.7. The van der Waals surface area contributed by atoms with Crippen molar-refractivity contribution in [3.05, 3.63) is 60.7 Å². The first kappa shape index (κ1) is 26.4. The fraction of sp³-hybridized carbons (Fsp3) is 0.625. The maximum absolute atomic E-state index is 2.64. The SMILES string of the molecule is CC([C@@H]1CCC[C@@H]1[P+](C1CCCC1)(C(C)(C)C)C(C)(C)C)P(c1ccccc1)c1ccccc1. The van der Waals surface area contributed by atoms with E-state index in [-0.39, 0.29) is 7.92 Å². The van der Waals surface area contributed by atoms with Crippen molar-refractivity contribution in [2.75, 3.05) is 0 Å². The topological polar surface area (TPSA) is 0 Å². The third-order valence-corrected chi connectivity index (χ3v) is 20.0. The van der Waals surface area contributed by atoms with Crippen LogP contribution in [0, 0.1) is 5.92 Å². The minimum Gasteiger partial charge on any atom is -0.0622 e. The van der Waals surface area contributed by atoms with Gasteiger partial charge in [0.2, 0.25) is 0 Å². The van der Waals surface area contributed by atoms with Crippen LogP contribution >= 0.6 is 15.2 Å². The molecule has 2 fully saturated rings. The number of hydrogen-bond donors (Lipinski definition) is 0. The molecule has 34 heavy (non-hydrogen) atoms. The molecule has 2 saturated carbocycles. The van der Waals surface area contributed by atoms with Crippen LogP contribution in [0.25, 0.3) is 0 Å². The van der Waals surface area contributed by atoms with Crippen LogP contribution < -0.4 is 10.6 Å². The summed E-state index contributed by atoms with van der Waals surface area (Å²) in [6.45, 7) is 18.5. The molecule has 0 aliphatic heterocycles. The first-order valence-corrected chi connectivity index (χ1v) is 17.2. The highest BCUT2D eigenvalue weighted by Gasteiger charge is 2.68. The Balaban J connectivity index is 1.81. The highest BCUT2D eigenvalue weighted by atomic mass is 31.2. The predicted octanol–water partition coefficient (Wildman–Crippen LogP) is 9.23. The monoisotopic (exact) mass is 495 g/mol. The highest BCUT2D eigenvalue weighted by Crippen LogP contribution is 2.87. The van der Waals surface area contributed by atoms with Gasteiger partial charge < -0.3 is 0 Å². The van der Waals surface area contributed by atoms with E-state index < -0.39 is 7.26 Å². The molecular formula is C32H49P2+. The molecule has 0 N–H and O–H groups in total. The van der Waals surface area contributed by atoms with Gasteiger partial charge in [0.15, 0.2) is 0 Å². The molecule has 2 aliphatic rings. The third-order valence-electron chi connectivity index (χ3n) is 9.27. The van der Waals surface area contributed by atoms with Gasteiger partial charge in [-0.15, -0.1) is 0 Å². The molecule has 0 saturated heterocycles. The standard InChI is InChI=1S/C32H49P2/c1-25(33(26-17-10-8-11-18-26)27-19-12-9-13-20-27)29-23-16-24-30(29)34(31(2,3)4,32(5,6)7)28-21-14-15-22-28/h8-13,17-20,25,28-30H,14-16,21-24H2,1-7H3/q+1/t25?,29-,30-/m0/s1. The Labute approximate surface area is 212 Å². The minimum atomic E-state index is -1.28. The Morgan fingerprint density at radius 3 is 1.59 bits per heavy atom. The lowest BCUT2D eigenvalue weighted by Gasteiger charge is -2.56. The quantitative estimate of drug-likeness (QED) is 0.350. The number of benzene rings is 2. The van der Waals surface area contributed by atoms with Crippen molar-refractivity contribution in [2.45, 2.75) is 121 Å². The van der Waals surface area contributed by atoms with E-state index in [4.69, 9.17) is 0 Å². The Hall–Kier alpha value is -0.700. The number of hydrogen-bond acceptors (Lipinski definition) is 0. The van der Waals surface area contributed by atoms with Crippen LogP contribution in [-0.2, 0) is 0 Å². The van der Waals surface area contributed by atoms with E-state index in [1.54, 1.807) is 10.6 Å². The third kappa shape index (κ3) is 4.69. The molecule has 0 nitrogen and oxygen atoms in total. The molecule has 2 heteroatoms. The fourth-order valence-corrected chi connectivity index (χ4v) is 21.3. The van der Waals surface area contributed by atoms with Gasteiger partial charge in [-0.05, 0) is 111 Å². The van der Waals surface area contributed by atoms with Crippen molar-refractivity contribution in [3.8, 4) is 0 Å². The average Bonchev–Trinajstić information content (AvgIpc) is 3.47. The lowest BCUT2D eigenvalue weighted by atomic mass is 10.0. The summed E-state index contributed by atoms with van der Waals surface area (Å²) in [5.74, 6) is 0.846. The summed E-state index contributed by atoms with van der Waals surface area (Å²) in [4.78, 5) is 0. The van der Waals surface area contributed by atoms with E-state index in [2.05, 4.69) is 109 Å². The van der Waals surface area contributed by atoms with Crippen LogP contribution in [0.5, 0.6) is 0 Å². The van der Waals surface area contributed by atoms with Crippen LogP contribution in [0.2, 0.25) is 0 Å². The second-order valence-corrected chi connectivity index (χ2v) is 21.2. The molecule has 2 aromatic carbocycles. The summed E-state index contributed by atoms with van der Waals surface area (Å²) in [5.41, 5.74) is 2.62. The van der Waals surface area contributed by atoms with E-state index >= 15 is 0 Å². The molecule has 0 heterocycles. The summed E-state index contributed by atoms with van der Waals surface area (Å²) < 4.78 is 0. The van der Waals surface area contributed by atoms with Crippen molar-refractivity contribution in [1.29, 1.82) is 0 Å². The smallest absolute Gasteiger partial charge is 0.0622 e. The summed E-state index contributed by atoms with van der Waals surface area (Å²) in [6, 6.07) is 23.0. The zero-order valence-electron chi connectivity index (χ0n) is 22.9. The molecule has 2 aromatic rings. The first-order chi connectivity index (χ1) is 16.1. The van der Waals surface area contributed by atoms with E-state index in [0.717, 1.165) is 22.9 Å². The predicted molar refractivity (Wildman–Crippen MR) is 158 cm³/mol. The Morgan fingerprint density at radius 1 is 0.676 bits per heavy atom. The molecule has 1 unspecified atom stereocenters. The second kappa shape index (κ2) is 10.3. The maximum atomic E-state index is 2.64. The summed E-state index contributed by atoms with van der Waals surface area (Å²) >= 11 is 0. The average molecular weight is 496 g/mol. The van der Waals surface area contributed by atoms with Crippen molar-refractivity contribution >= 4 is 25.8 Å². The van der Waals surface area contributed by atoms with Gasteiger partial charge in [0, 0.05) is 13.2 Å². The molecule has 2 aliphatic carbocycles. The molecule has 3 atom stereocenters. The minimum absolute atomic E-state index is 0.363. The van der Waals surface area contributed by atoms with Crippen LogP contribution in [0.4, 0.5) is 0 Å². The summed E-state index contributed by atoms with van der Waals surface area (Å²) in [5, 5.41) is 3.96. The van der Waals surface area contributed by atoms with Crippen molar-refractivity contribution < 1.29 is 0 Å². The summed E-state index contributed by atoms with van der Waals surface area (Å²) in [6.07, 6.45) is 10.3. The van der Waals surface area contributed by atoms with Crippen LogP contribution in [0.3, 0.4) is 0 Å². The fourth-order valence-electron chi connectivity index (χ4n) is 8.70. The van der Waals surface area contributed by atoms with Gasteiger partial charge in [-0.2, -0.15) is 0 Å². The number of rotatable bonds is 6. The molecule has 0 aromatic heterocycles. The van der Waals surface area contributed by atoms with Crippen molar-refractivity contribution in [1.82, 2.24) is 0 Å². The molecule has 0 radical (unpaired) electrons. The molecule has 4 rings (SSSR count). The molecule has 0 bridgehead atoms. The van der Waals surface area contributed by atoms with E-state index in [9.17, 15) is 0 Å². The lowest BCUT2D eigenvalue weighted by Crippen LogP contribution is -2.48. The largest absolute Gasteiger partial charge is 0.0744 e. The van der Waals surface area contributed by atoms with Gasteiger partial charge in [0.25, 0.3) is 0 Å². The van der Waals surface area contributed by atoms with Crippen molar-refractivity contribution in [2.24, 2.45) is 5.92 Å². The Bertz CT molecular complexity index is 846. The Morgan fingerprint density at radius 2 is 1.15 bits per heavy atom. The van der Waals surface area contributed by atoms with Crippen molar-refractivity contribution in [3.63, 3.8) is 0 Å². The van der Waals surface area contributed by atoms with Gasteiger partial charge in [0.05, 0.1) is 21.6 Å². The molecule has 0 spiro atoms.